The van der Waals surface area contributed by atoms with Crippen molar-refractivity contribution in [3.63, 3.8) is 0 Å². The first kappa shape index (κ1) is 26.0. The van der Waals surface area contributed by atoms with E-state index in [0.717, 1.165) is 15.1 Å². The summed E-state index contributed by atoms with van der Waals surface area (Å²) in [4.78, 5) is 25.6. The molecule has 3 heterocycles. The Bertz CT molecular complexity index is 1830. The summed E-state index contributed by atoms with van der Waals surface area (Å²) in [6.45, 7) is 0.0443. The zero-order valence-electron chi connectivity index (χ0n) is 21.1. The molecule has 6 rings (SSSR count). The summed E-state index contributed by atoms with van der Waals surface area (Å²) in [5.74, 6) is -1.55. The third-order valence-corrected chi connectivity index (χ3v) is 6.95. The number of carbonyl (C=O) groups is 2. The predicted octanol–water partition coefficient (Wildman–Crippen LogP) is 4.87. The van der Waals surface area contributed by atoms with Crippen LogP contribution in [0.5, 0.6) is 0 Å². The molecular formula is C28H20F4N6O3. The van der Waals surface area contributed by atoms with Crippen LogP contribution in [0.3, 0.4) is 0 Å². The van der Waals surface area contributed by atoms with E-state index in [1.54, 1.807) is 30.3 Å². The van der Waals surface area contributed by atoms with Crippen molar-refractivity contribution >= 4 is 34.8 Å². The molecule has 1 aliphatic rings. The van der Waals surface area contributed by atoms with Gasteiger partial charge in [-0.25, -0.2) is 9.07 Å². The van der Waals surface area contributed by atoms with Gasteiger partial charge in [-0.15, -0.1) is 0 Å². The third-order valence-electron chi connectivity index (χ3n) is 6.95. The van der Waals surface area contributed by atoms with Gasteiger partial charge in [0.1, 0.15) is 11.5 Å². The minimum absolute atomic E-state index is 0.0255. The number of benzene rings is 3. The van der Waals surface area contributed by atoms with Crippen LogP contribution in [-0.2, 0) is 23.9 Å². The molecule has 3 aromatic carbocycles. The van der Waals surface area contributed by atoms with Gasteiger partial charge >= 0.3 is 6.18 Å². The topological polar surface area (TPSA) is 119 Å². The molecule has 0 saturated heterocycles. The van der Waals surface area contributed by atoms with E-state index in [0.29, 0.717) is 28.5 Å². The number of hydrogen-bond acceptors (Lipinski definition) is 6. The molecule has 0 radical (unpaired) electrons. The van der Waals surface area contributed by atoms with Crippen molar-refractivity contribution in [1.29, 1.82) is 0 Å². The number of nitrogen functional groups attached to an aromatic ring is 1. The average Bonchev–Trinajstić information content (AvgIpc) is 3.54. The van der Waals surface area contributed by atoms with Gasteiger partial charge in [0.15, 0.2) is 17.1 Å². The van der Waals surface area contributed by atoms with Gasteiger partial charge in [0.2, 0.25) is 6.41 Å². The number of anilines is 2. The van der Waals surface area contributed by atoms with E-state index in [9.17, 15) is 22.8 Å². The van der Waals surface area contributed by atoms with Crippen molar-refractivity contribution in [1.82, 2.24) is 20.3 Å². The molecule has 0 spiro atoms. The molecule has 0 fully saturated rings. The lowest BCUT2D eigenvalue weighted by molar-refractivity contribution is -0.142. The van der Waals surface area contributed by atoms with Gasteiger partial charge in [0.05, 0.1) is 16.8 Å². The molecule has 41 heavy (non-hydrogen) atoms. The Balaban J connectivity index is 1.42. The van der Waals surface area contributed by atoms with Gasteiger partial charge in [-0.2, -0.15) is 18.3 Å². The number of amides is 2. The monoisotopic (exact) mass is 564 g/mol. The molecule has 5 aromatic rings. The fourth-order valence-electron chi connectivity index (χ4n) is 5.08. The lowest BCUT2D eigenvalue weighted by atomic mass is 9.98. The van der Waals surface area contributed by atoms with E-state index in [1.165, 1.54) is 30.3 Å². The number of nitrogens with one attached hydrogen (secondary N) is 1. The van der Waals surface area contributed by atoms with Crippen LogP contribution in [0.1, 0.15) is 27.3 Å². The van der Waals surface area contributed by atoms with Gasteiger partial charge in [0.25, 0.3) is 5.91 Å². The maximum Gasteiger partial charge on any atom is 0.435 e. The molecule has 9 nitrogen and oxygen atoms in total. The molecule has 208 valence electrons. The van der Waals surface area contributed by atoms with Crippen molar-refractivity contribution < 1.29 is 31.7 Å². The zero-order chi connectivity index (χ0) is 28.9. The second-order valence-corrected chi connectivity index (χ2v) is 9.36. The van der Waals surface area contributed by atoms with Crippen molar-refractivity contribution in [2.75, 3.05) is 17.2 Å². The largest absolute Gasteiger partial charge is 0.435 e. The van der Waals surface area contributed by atoms with E-state index in [-0.39, 0.29) is 48.0 Å². The fourth-order valence-corrected chi connectivity index (χ4v) is 5.08. The van der Waals surface area contributed by atoms with Gasteiger partial charge in [0, 0.05) is 18.7 Å². The first-order valence-corrected chi connectivity index (χ1v) is 12.4. The van der Waals surface area contributed by atoms with Gasteiger partial charge in [-0.3, -0.25) is 9.59 Å². The number of hydrogen-bond donors (Lipinski definition) is 2. The highest BCUT2D eigenvalue weighted by Crippen LogP contribution is 2.38. The summed E-state index contributed by atoms with van der Waals surface area (Å²) >= 11 is 0. The molecule has 0 aliphatic carbocycles. The number of halogens is 4. The first-order chi connectivity index (χ1) is 19.7. The standard InChI is InChI=1S/C28H20F4N6O3/c29-21-11-15(18-4-2-1-3-16(18)13-34-14-39)5-7-22(21)37-10-9-19-24(27(37)40)38(35-25(19)28(30,31)32)17-6-8-23-20(12-17)26(33)36-41-23/h1-8,11-12,14H,9-10,13H2,(H2,33,36)(H,34,39). The smallest absolute Gasteiger partial charge is 0.380 e. The van der Waals surface area contributed by atoms with Crippen molar-refractivity contribution in [2.24, 2.45) is 0 Å². The Kier molecular flexibility index (Phi) is 6.20. The zero-order valence-corrected chi connectivity index (χ0v) is 21.1. The number of aromatic nitrogens is 3. The maximum absolute atomic E-state index is 15.6. The van der Waals surface area contributed by atoms with Crippen LogP contribution in [0.25, 0.3) is 27.8 Å². The Morgan fingerprint density at radius 2 is 1.90 bits per heavy atom. The first-order valence-electron chi connectivity index (χ1n) is 12.4. The third kappa shape index (κ3) is 4.44. The van der Waals surface area contributed by atoms with Crippen LogP contribution in [0.4, 0.5) is 29.1 Å². The van der Waals surface area contributed by atoms with Gasteiger partial charge in [-0.1, -0.05) is 35.5 Å². The van der Waals surface area contributed by atoms with Crippen molar-refractivity contribution in [3.8, 4) is 16.8 Å². The molecule has 2 amide bonds. The number of nitrogens with zero attached hydrogens (tertiary/aromatic N) is 4. The molecule has 13 heteroatoms. The van der Waals surface area contributed by atoms with E-state index >= 15 is 4.39 Å². The normalized spacial score (nSPS) is 13.5. The lowest BCUT2D eigenvalue weighted by Gasteiger charge is -2.28. The molecule has 0 atom stereocenters. The Morgan fingerprint density at radius 1 is 1.10 bits per heavy atom. The average molecular weight is 564 g/mol. The minimum atomic E-state index is -4.82. The van der Waals surface area contributed by atoms with E-state index in [1.807, 2.05) is 0 Å². The second kappa shape index (κ2) is 9.77. The van der Waals surface area contributed by atoms with Gasteiger partial charge in [-0.05, 0) is 53.4 Å². The van der Waals surface area contributed by atoms with Crippen LogP contribution in [0.2, 0.25) is 0 Å². The SMILES string of the molecule is Nc1noc2ccc(-n3nc(C(F)(F)F)c4c3C(=O)N(c3ccc(-c5ccccc5CNC=O)cc3F)CC4)cc12. The molecular weight excluding hydrogens is 544 g/mol. The molecule has 2 aromatic heterocycles. The molecule has 3 N–H and O–H groups in total. The highest BCUT2D eigenvalue weighted by Gasteiger charge is 2.43. The summed E-state index contributed by atoms with van der Waals surface area (Å²) in [7, 11) is 0. The Morgan fingerprint density at radius 3 is 2.66 bits per heavy atom. The lowest BCUT2D eigenvalue weighted by Crippen LogP contribution is -2.39. The summed E-state index contributed by atoms with van der Waals surface area (Å²) < 4.78 is 63.4. The molecule has 0 unspecified atom stereocenters. The summed E-state index contributed by atoms with van der Waals surface area (Å²) in [6, 6.07) is 15.7. The number of nitrogens with two attached hydrogens (primary N) is 1. The van der Waals surface area contributed by atoms with Crippen molar-refractivity contribution in [2.45, 2.75) is 19.1 Å². The fraction of sp³-hybridized carbons (Fsp3) is 0.143. The summed E-state index contributed by atoms with van der Waals surface area (Å²) in [6.07, 6.45) is -4.46. The Hall–Kier alpha value is -5.20. The number of carbonyl (C=O) groups excluding carboxylic acids is 2. The van der Waals surface area contributed by atoms with E-state index in [2.05, 4.69) is 15.6 Å². The maximum atomic E-state index is 15.6. The van der Waals surface area contributed by atoms with Crippen LogP contribution >= 0.6 is 0 Å². The van der Waals surface area contributed by atoms with Gasteiger partial charge < -0.3 is 20.5 Å². The Labute approximate surface area is 229 Å². The number of fused-ring (bicyclic) bond motifs is 2. The molecule has 0 bridgehead atoms. The van der Waals surface area contributed by atoms with Crippen LogP contribution < -0.4 is 16.0 Å². The summed E-state index contributed by atoms with van der Waals surface area (Å²) in [5.41, 5.74) is 6.31. The van der Waals surface area contributed by atoms with Crippen molar-refractivity contribution in [3.05, 3.63) is 89.0 Å². The number of rotatable bonds is 6. The van der Waals surface area contributed by atoms with E-state index < -0.39 is 23.6 Å². The van der Waals surface area contributed by atoms with Crippen LogP contribution in [0.15, 0.2) is 65.2 Å². The van der Waals surface area contributed by atoms with Crippen LogP contribution in [-0.4, -0.2) is 33.8 Å². The quantitative estimate of drug-likeness (QED) is 0.224. The second-order valence-electron chi connectivity index (χ2n) is 9.36. The van der Waals surface area contributed by atoms with E-state index in [4.69, 9.17) is 10.3 Å². The van der Waals surface area contributed by atoms with Crippen LogP contribution in [0, 0.1) is 5.82 Å². The molecule has 1 aliphatic heterocycles. The predicted molar refractivity (Wildman–Crippen MR) is 141 cm³/mol. The summed E-state index contributed by atoms with van der Waals surface area (Å²) in [5, 5.41) is 10.3. The molecule has 0 saturated carbocycles. The highest BCUT2D eigenvalue weighted by molar-refractivity contribution is 6.08. The number of alkyl halides is 3. The highest BCUT2D eigenvalue weighted by atomic mass is 19.4. The minimum Gasteiger partial charge on any atom is -0.380 e.